The van der Waals surface area contributed by atoms with Crippen molar-refractivity contribution >= 4 is 33.5 Å². The fourth-order valence-corrected chi connectivity index (χ4v) is 4.38. The molecule has 0 aliphatic rings. The number of benzene rings is 1. The zero-order valence-electron chi connectivity index (χ0n) is 18.0. The highest BCUT2D eigenvalue weighted by Gasteiger charge is 2.25. The molecule has 0 heterocycles. The first-order valence-corrected chi connectivity index (χ1v) is 11.4. The van der Waals surface area contributed by atoms with E-state index < -0.39 is 21.5 Å². The van der Waals surface area contributed by atoms with E-state index in [0.717, 1.165) is 0 Å². The van der Waals surface area contributed by atoms with Crippen molar-refractivity contribution in [2.75, 3.05) is 26.7 Å². The van der Waals surface area contributed by atoms with Crippen molar-refractivity contribution in [1.82, 2.24) is 9.21 Å². The number of sulfonamides is 1. The van der Waals surface area contributed by atoms with Gasteiger partial charge in [-0.05, 0) is 45.4 Å². The number of ether oxygens (including phenoxy) is 1. The third-order valence-electron chi connectivity index (χ3n) is 4.15. The number of hydrogen-bond acceptors (Lipinski definition) is 5. The molecule has 0 spiro atoms. The number of halogens is 1. The molecule has 0 atom stereocenters. The standard InChI is InChI=1S/C20H31ClN2O5S/c1-7-23(8-2)29(26,27)15-11-12-17(21)16(14-15)19(25)22(6)13-9-10-18(24)28-20(3,4)5/h11-12,14H,7-10,13H2,1-6H3. The molecular formula is C20H31ClN2O5S. The highest BCUT2D eigenvalue weighted by molar-refractivity contribution is 7.89. The van der Waals surface area contributed by atoms with Crippen molar-refractivity contribution in [3.05, 3.63) is 28.8 Å². The molecule has 0 aromatic heterocycles. The Balaban J connectivity index is 2.90. The second-order valence-electron chi connectivity index (χ2n) is 7.65. The predicted octanol–water partition coefficient (Wildman–Crippen LogP) is 3.56. The number of hydrogen-bond donors (Lipinski definition) is 0. The third kappa shape index (κ3) is 7.28. The van der Waals surface area contributed by atoms with Gasteiger partial charge in [-0.2, -0.15) is 4.31 Å². The lowest BCUT2D eigenvalue weighted by Gasteiger charge is -2.22. The fourth-order valence-electron chi connectivity index (χ4n) is 2.70. The Hall–Kier alpha value is -1.64. The van der Waals surface area contributed by atoms with E-state index in [0.29, 0.717) is 26.1 Å². The lowest BCUT2D eigenvalue weighted by atomic mass is 10.2. The molecule has 0 aliphatic carbocycles. The Morgan fingerprint density at radius 3 is 2.24 bits per heavy atom. The smallest absolute Gasteiger partial charge is 0.306 e. The van der Waals surface area contributed by atoms with Crippen molar-refractivity contribution in [1.29, 1.82) is 0 Å². The average Bonchev–Trinajstić information content (AvgIpc) is 2.60. The summed E-state index contributed by atoms with van der Waals surface area (Å²) in [4.78, 5) is 26.0. The highest BCUT2D eigenvalue weighted by atomic mass is 35.5. The van der Waals surface area contributed by atoms with Gasteiger partial charge in [0.1, 0.15) is 5.60 Å². The molecule has 0 saturated heterocycles. The number of amides is 1. The Morgan fingerprint density at radius 1 is 1.14 bits per heavy atom. The van der Waals surface area contributed by atoms with Crippen LogP contribution in [0.25, 0.3) is 0 Å². The van der Waals surface area contributed by atoms with Gasteiger partial charge in [-0.1, -0.05) is 25.4 Å². The number of carbonyl (C=O) groups excluding carboxylic acids is 2. The summed E-state index contributed by atoms with van der Waals surface area (Å²) in [6.45, 7) is 9.85. The minimum absolute atomic E-state index is 0.0242. The first kappa shape index (κ1) is 25.4. The van der Waals surface area contributed by atoms with E-state index in [-0.39, 0.29) is 27.9 Å². The van der Waals surface area contributed by atoms with Gasteiger partial charge in [0.2, 0.25) is 10.0 Å². The molecule has 0 saturated carbocycles. The van der Waals surface area contributed by atoms with E-state index in [4.69, 9.17) is 16.3 Å². The molecule has 1 aromatic rings. The summed E-state index contributed by atoms with van der Waals surface area (Å²) in [5.41, 5.74) is -0.442. The largest absolute Gasteiger partial charge is 0.460 e. The molecule has 0 fully saturated rings. The molecule has 29 heavy (non-hydrogen) atoms. The minimum atomic E-state index is -3.70. The van der Waals surface area contributed by atoms with Crippen LogP contribution in [0.1, 0.15) is 57.8 Å². The van der Waals surface area contributed by atoms with Crippen molar-refractivity contribution in [2.24, 2.45) is 0 Å². The normalized spacial score (nSPS) is 12.1. The van der Waals surface area contributed by atoms with E-state index in [9.17, 15) is 18.0 Å². The van der Waals surface area contributed by atoms with Gasteiger partial charge >= 0.3 is 5.97 Å². The number of carbonyl (C=O) groups is 2. The molecule has 0 N–H and O–H groups in total. The molecule has 9 heteroatoms. The predicted molar refractivity (Wildman–Crippen MR) is 114 cm³/mol. The van der Waals surface area contributed by atoms with Crippen molar-refractivity contribution < 1.29 is 22.7 Å². The maximum absolute atomic E-state index is 12.8. The van der Waals surface area contributed by atoms with Gasteiger partial charge in [-0.25, -0.2) is 8.42 Å². The quantitative estimate of drug-likeness (QED) is 0.541. The summed E-state index contributed by atoms with van der Waals surface area (Å²) in [5.74, 6) is -0.737. The van der Waals surface area contributed by atoms with Gasteiger partial charge in [0.25, 0.3) is 5.91 Å². The van der Waals surface area contributed by atoms with Crippen LogP contribution in [0.4, 0.5) is 0 Å². The lowest BCUT2D eigenvalue weighted by Crippen LogP contribution is -2.31. The minimum Gasteiger partial charge on any atom is -0.460 e. The third-order valence-corrected chi connectivity index (χ3v) is 6.53. The van der Waals surface area contributed by atoms with Crippen LogP contribution in [0.5, 0.6) is 0 Å². The van der Waals surface area contributed by atoms with Gasteiger partial charge in [0.15, 0.2) is 0 Å². The molecule has 1 amide bonds. The van der Waals surface area contributed by atoms with Crippen LogP contribution in [-0.4, -0.2) is 61.8 Å². The molecule has 0 aliphatic heterocycles. The highest BCUT2D eigenvalue weighted by Crippen LogP contribution is 2.24. The van der Waals surface area contributed by atoms with Gasteiger partial charge in [0, 0.05) is 33.1 Å². The summed E-state index contributed by atoms with van der Waals surface area (Å²) in [6, 6.07) is 4.12. The van der Waals surface area contributed by atoms with Crippen LogP contribution in [0.2, 0.25) is 5.02 Å². The van der Waals surface area contributed by atoms with Crippen molar-refractivity contribution in [3.8, 4) is 0 Å². The molecule has 164 valence electrons. The van der Waals surface area contributed by atoms with Gasteiger partial charge in [-0.3, -0.25) is 9.59 Å². The maximum Gasteiger partial charge on any atom is 0.306 e. The fraction of sp³-hybridized carbons (Fsp3) is 0.600. The van der Waals surface area contributed by atoms with Crippen molar-refractivity contribution in [3.63, 3.8) is 0 Å². The zero-order chi connectivity index (χ0) is 22.4. The lowest BCUT2D eigenvalue weighted by molar-refractivity contribution is -0.154. The maximum atomic E-state index is 12.8. The van der Waals surface area contributed by atoms with Gasteiger partial charge < -0.3 is 9.64 Å². The summed E-state index contributed by atoms with van der Waals surface area (Å²) in [5, 5.41) is 0.174. The monoisotopic (exact) mass is 446 g/mol. The van der Waals surface area contributed by atoms with Crippen molar-refractivity contribution in [2.45, 2.75) is 58.0 Å². The summed E-state index contributed by atoms with van der Waals surface area (Å²) < 4.78 is 32.0. The van der Waals surface area contributed by atoms with E-state index in [1.54, 1.807) is 41.7 Å². The van der Waals surface area contributed by atoms with E-state index in [1.165, 1.54) is 27.4 Å². The van der Waals surface area contributed by atoms with Crippen LogP contribution in [-0.2, 0) is 19.6 Å². The molecular weight excluding hydrogens is 416 g/mol. The van der Waals surface area contributed by atoms with E-state index in [1.807, 2.05) is 0 Å². The van der Waals surface area contributed by atoms with Gasteiger partial charge in [0.05, 0.1) is 15.5 Å². The number of esters is 1. The zero-order valence-corrected chi connectivity index (χ0v) is 19.6. The molecule has 0 unspecified atom stereocenters. The Kier molecular flexibility index (Phi) is 9.11. The number of nitrogens with zero attached hydrogens (tertiary/aromatic N) is 2. The summed E-state index contributed by atoms with van der Waals surface area (Å²) in [6.07, 6.45) is 0.602. The first-order chi connectivity index (χ1) is 13.3. The second-order valence-corrected chi connectivity index (χ2v) is 9.99. The van der Waals surface area contributed by atoms with Crippen LogP contribution in [0.3, 0.4) is 0 Å². The van der Waals surface area contributed by atoms with Gasteiger partial charge in [-0.15, -0.1) is 0 Å². The van der Waals surface area contributed by atoms with Crippen LogP contribution < -0.4 is 0 Å². The Bertz CT molecular complexity index is 830. The summed E-state index contributed by atoms with van der Waals surface area (Å²) in [7, 11) is -2.12. The van der Waals surface area contributed by atoms with E-state index >= 15 is 0 Å². The van der Waals surface area contributed by atoms with Crippen LogP contribution in [0, 0.1) is 0 Å². The van der Waals surface area contributed by atoms with Crippen LogP contribution >= 0.6 is 11.6 Å². The molecule has 0 radical (unpaired) electrons. The average molecular weight is 447 g/mol. The topological polar surface area (TPSA) is 84.0 Å². The molecule has 1 rings (SSSR count). The SMILES string of the molecule is CCN(CC)S(=O)(=O)c1ccc(Cl)c(C(=O)N(C)CCCC(=O)OC(C)(C)C)c1. The Labute approximate surface area is 179 Å². The molecule has 1 aromatic carbocycles. The molecule has 0 bridgehead atoms. The summed E-state index contributed by atoms with van der Waals surface area (Å²) >= 11 is 6.16. The van der Waals surface area contributed by atoms with Crippen LogP contribution in [0.15, 0.2) is 23.1 Å². The van der Waals surface area contributed by atoms with E-state index in [2.05, 4.69) is 0 Å². The first-order valence-electron chi connectivity index (χ1n) is 9.60. The Morgan fingerprint density at radius 2 is 1.72 bits per heavy atom. The second kappa shape index (κ2) is 10.4. The molecule has 7 nitrogen and oxygen atoms in total. The number of rotatable bonds is 9.